The van der Waals surface area contributed by atoms with Gasteiger partial charge < -0.3 is 16.4 Å². The lowest BCUT2D eigenvalue weighted by Crippen LogP contribution is -2.53. The van der Waals surface area contributed by atoms with Gasteiger partial charge >= 0.3 is 0 Å². The monoisotopic (exact) mass is 373 g/mol. The highest BCUT2D eigenvalue weighted by Crippen LogP contribution is 2.39. The summed E-state index contributed by atoms with van der Waals surface area (Å²) < 4.78 is 0. The number of hydrogen-bond acceptors (Lipinski definition) is 3. The van der Waals surface area contributed by atoms with E-state index in [9.17, 15) is 9.59 Å². The van der Waals surface area contributed by atoms with E-state index in [1.165, 1.54) is 6.92 Å². The van der Waals surface area contributed by atoms with Gasteiger partial charge in [0.15, 0.2) is 0 Å². The lowest BCUT2D eigenvalue weighted by atomic mass is 9.95. The minimum Gasteiger partial charge on any atom is -0.349 e. The van der Waals surface area contributed by atoms with Crippen molar-refractivity contribution in [3.8, 4) is 0 Å². The molecule has 1 aliphatic rings. The fourth-order valence-corrected chi connectivity index (χ4v) is 2.91. The molecule has 1 saturated carbocycles. The molecule has 2 amide bonds. The summed E-state index contributed by atoms with van der Waals surface area (Å²) in [6.45, 7) is 3.84. The molecule has 0 bridgehead atoms. The minimum absolute atomic E-state index is 0. The fourth-order valence-electron chi connectivity index (χ4n) is 2.79. The van der Waals surface area contributed by atoms with Crippen LogP contribution in [0.5, 0.6) is 0 Å². The Morgan fingerprint density at radius 2 is 1.92 bits per heavy atom. The summed E-state index contributed by atoms with van der Waals surface area (Å²) in [5.74, 6) is 0.159. The number of nitrogens with two attached hydrogens (primary N) is 1. The van der Waals surface area contributed by atoms with Crippen LogP contribution < -0.4 is 16.4 Å². The summed E-state index contributed by atoms with van der Waals surface area (Å²) in [7, 11) is 0. The largest absolute Gasteiger partial charge is 0.349 e. The molecule has 2 rings (SSSR count). The second-order valence-corrected chi connectivity index (χ2v) is 6.89. The molecule has 24 heavy (non-hydrogen) atoms. The standard InChI is InChI=1S/C17H24ClN3O2.ClH/c1-11(22)20-15(12-3-7-14(18)8-4-12)9-16(23)21-17(2,10-19)13-5-6-13;/h3-4,7-8,13,15H,5-6,9-10,19H2,1-2H3,(H,20,22)(H,21,23);1H. The molecule has 1 fully saturated rings. The number of carbonyl (C=O) groups is 2. The molecule has 7 heteroatoms. The number of rotatable bonds is 7. The molecule has 4 N–H and O–H groups in total. The molecule has 0 radical (unpaired) electrons. The Bertz CT molecular complexity index is 576. The first-order chi connectivity index (χ1) is 10.8. The first-order valence-electron chi connectivity index (χ1n) is 7.87. The molecule has 5 nitrogen and oxygen atoms in total. The van der Waals surface area contributed by atoms with Crippen molar-refractivity contribution in [1.82, 2.24) is 10.6 Å². The predicted octanol–water partition coefficient (Wildman–Crippen LogP) is 2.57. The number of halogens is 2. The second-order valence-electron chi connectivity index (χ2n) is 6.45. The van der Waals surface area contributed by atoms with Crippen LogP contribution in [0.3, 0.4) is 0 Å². The van der Waals surface area contributed by atoms with Crippen molar-refractivity contribution in [1.29, 1.82) is 0 Å². The molecule has 0 aliphatic heterocycles. The van der Waals surface area contributed by atoms with Gasteiger partial charge in [-0.05, 0) is 43.4 Å². The predicted molar refractivity (Wildman–Crippen MR) is 98.2 cm³/mol. The van der Waals surface area contributed by atoms with Gasteiger partial charge in [0.2, 0.25) is 11.8 Å². The Morgan fingerprint density at radius 3 is 2.38 bits per heavy atom. The molecule has 1 aliphatic carbocycles. The average molecular weight is 374 g/mol. The summed E-state index contributed by atoms with van der Waals surface area (Å²) in [5.41, 5.74) is 6.32. The zero-order valence-electron chi connectivity index (χ0n) is 14.0. The van der Waals surface area contributed by atoms with Crippen molar-refractivity contribution >= 4 is 35.8 Å². The van der Waals surface area contributed by atoms with Gasteiger partial charge in [-0.1, -0.05) is 23.7 Å². The number of hydrogen-bond donors (Lipinski definition) is 3. The molecule has 1 aromatic rings. The third-order valence-corrected chi connectivity index (χ3v) is 4.62. The van der Waals surface area contributed by atoms with Crippen molar-refractivity contribution in [3.05, 3.63) is 34.9 Å². The van der Waals surface area contributed by atoms with E-state index in [1.54, 1.807) is 12.1 Å². The zero-order valence-corrected chi connectivity index (χ0v) is 15.5. The molecular weight excluding hydrogens is 349 g/mol. The number of carbonyl (C=O) groups excluding carboxylic acids is 2. The van der Waals surface area contributed by atoms with Crippen molar-refractivity contribution in [3.63, 3.8) is 0 Å². The Kier molecular flexibility index (Phi) is 7.52. The van der Waals surface area contributed by atoms with E-state index in [4.69, 9.17) is 17.3 Å². The van der Waals surface area contributed by atoms with Crippen LogP contribution in [-0.2, 0) is 9.59 Å². The fraction of sp³-hybridized carbons (Fsp3) is 0.529. The molecule has 0 spiro atoms. The van der Waals surface area contributed by atoms with E-state index < -0.39 is 0 Å². The van der Waals surface area contributed by atoms with Gasteiger partial charge in [0.25, 0.3) is 0 Å². The van der Waals surface area contributed by atoms with Crippen LogP contribution in [0.15, 0.2) is 24.3 Å². The van der Waals surface area contributed by atoms with Crippen LogP contribution in [0.25, 0.3) is 0 Å². The maximum Gasteiger partial charge on any atom is 0.222 e. The van der Waals surface area contributed by atoms with E-state index in [0.29, 0.717) is 17.5 Å². The highest BCUT2D eigenvalue weighted by molar-refractivity contribution is 6.30. The average Bonchev–Trinajstić information content (AvgIpc) is 3.31. The van der Waals surface area contributed by atoms with Gasteiger partial charge in [0.05, 0.1) is 18.0 Å². The highest BCUT2D eigenvalue weighted by atomic mass is 35.5. The normalized spacial score (nSPS) is 17.2. The van der Waals surface area contributed by atoms with Gasteiger partial charge in [-0.25, -0.2) is 0 Å². The van der Waals surface area contributed by atoms with E-state index in [-0.39, 0.29) is 42.2 Å². The summed E-state index contributed by atoms with van der Waals surface area (Å²) in [6.07, 6.45) is 2.37. The lowest BCUT2D eigenvalue weighted by Gasteiger charge is -2.30. The number of amides is 2. The smallest absolute Gasteiger partial charge is 0.222 e. The highest BCUT2D eigenvalue weighted by Gasteiger charge is 2.41. The topological polar surface area (TPSA) is 84.2 Å². The molecular formula is C17H25Cl2N3O2. The molecule has 0 saturated heterocycles. The van der Waals surface area contributed by atoms with Gasteiger partial charge in [-0.3, -0.25) is 9.59 Å². The molecule has 2 atom stereocenters. The SMILES string of the molecule is CC(=O)NC(CC(=O)NC(C)(CN)C1CC1)c1ccc(Cl)cc1.Cl. The van der Waals surface area contributed by atoms with Gasteiger partial charge in [0.1, 0.15) is 0 Å². The Labute approximate surface area is 154 Å². The van der Waals surface area contributed by atoms with Crippen LogP contribution >= 0.6 is 24.0 Å². The molecule has 134 valence electrons. The first-order valence-corrected chi connectivity index (χ1v) is 8.25. The van der Waals surface area contributed by atoms with Crippen LogP contribution in [0.1, 0.15) is 44.7 Å². The van der Waals surface area contributed by atoms with Crippen molar-refractivity contribution in [2.24, 2.45) is 11.7 Å². The minimum atomic E-state index is -0.383. The van der Waals surface area contributed by atoms with E-state index in [0.717, 1.165) is 18.4 Å². The molecule has 1 aromatic carbocycles. The van der Waals surface area contributed by atoms with Gasteiger partial charge in [0, 0.05) is 18.5 Å². The first kappa shape index (κ1) is 20.7. The van der Waals surface area contributed by atoms with Crippen molar-refractivity contribution < 1.29 is 9.59 Å². The zero-order chi connectivity index (χ0) is 17.0. The van der Waals surface area contributed by atoms with E-state index >= 15 is 0 Å². The van der Waals surface area contributed by atoms with Gasteiger partial charge in [-0.2, -0.15) is 0 Å². The van der Waals surface area contributed by atoms with Crippen molar-refractivity contribution in [2.45, 2.75) is 44.7 Å². The maximum atomic E-state index is 12.4. The summed E-state index contributed by atoms with van der Waals surface area (Å²) in [5, 5.41) is 6.48. The van der Waals surface area contributed by atoms with Crippen LogP contribution in [0.4, 0.5) is 0 Å². The maximum absolute atomic E-state index is 12.4. The third-order valence-electron chi connectivity index (χ3n) is 4.37. The van der Waals surface area contributed by atoms with E-state index in [1.807, 2.05) is 19.1 Å². The number of nitrogens with one attached hydrogen (secondary N) is 2. The number of benzene rings is 1. The van der Waals surface area contributed by atoms with Crippen LogP contribution in [0.2, 0.25) is 5.02 Å². The van der Waals surface area contributed by atoms with Crippen LogP contribution in [-0.4, -0.2) is 23.9 Å². The molecule has 0 heterocycles. The molecule has 0 aromatic heterocycles. The quantitative estimate of drug-likeness (QED) is 0.686. The summed E-state index contributed by atoms with van der Waals surface area (Å²) in [4.78, 5) is 23.9. The third kappa shape index (κ3) is 5.65. The lowest BCUT2D eigenvalue weighted by molar-refractivity contribution is -0.124. The summed E-state index contributed by atoms with van der Waals surface area (Å²) >= 11 is 5.89. The Morgan fingerprint density at radius 1 is 1.33 bits per heavy atom. The van der Waals surface area contributed by atoms with Crippen LogP contribution in [0, 0.1) is 5.92 Å². The Hall–Kier alpha value is -1.30. The summed E-state index contributed by atoms with van der Waals surface area (Å²) in [6, 6.07) is 6.75. The van der Waals surface area contributed by atoms with E-state index in [2.05, 4.69) is 10.6 Å². The van der Waals surface area contributed by atoms with Gasteiger partial charge in [-0.15, -0.1) is 12.4 Å². The molecule has 2 unspecified atom stereocenters. The van der Waals surface area contributed by atoms with Crippen molar-refractivity contribution in [2.75, 3.05) is 6.54 Å². The Balaban J connectivity index is 0.00000288. The second kappa shape index (κ2) is 8.70.